The first kappa shape index (κ1) is 11.0. The summed E-state index contributed by atoms with van der Waals surface area (Å²) < 4.78 is 38.3. The van der Waals surface area contributed by atoms with Crippen LogP contribution in [0.4, 0.5) is 13.2 Å². The molecule has 3 unspecified atom stereocenters. The van der Waals surface area contributed by atoms with Crippen molar-refractivity contribution in [2.75, 3.05) is 0 Å². The number of hydrogen-bond donors (Lipinski definition) is 0. The van der Waals surface area contributed by atoms with Crippen LogP contribution in [-0.4, -0.2) is 12.0 Å². The van der Waals surface area contributed by atoms with Gasteiger partial charge in [0.1, 0.15) is 5.92 Å². The zero-order chi connectivity index (χ0) is 11.6. The van der Waals surface area contributed by atoms with Crippen LogP contribution in [0.2, 0.25) is 0 Å². The van der Waals surface area contributed by atoms with E-state index in [0.717, 1.165) is 0 Å². The summed E-state index contributed by atoms with van der Waals surface area (Å²) in [6, 6.07) is 0. The molecule has 2 fully saturated rings. The van der Waals surface area contributed by atoms with Crippen molar-refractivity contribution >= 4 is 5.78 Å². The molecule has 0 aliphatic heterocycles. The maximum Gasteiger partial charge on any atom is 0.398 e. The van der Waals surface area contributed by atoms with Gasteiger partial charge in [-0.15, -0.1) is 0 Å². The van der Waals surface area contributed by atoms with E-state index in [1.54, 1.807) is 20.8 Å². The van der Waals surface area contributed by atoms with Crippen LogP contribution in [0.15, 0.2) is 0 Å². The monoisotopic (exact) mass is 220 g/mol. The van der Waals surface area contributed by atoms with Crippen LogP contribution in [0, 0.1) is 22.7 Å². The highest BCUT2D eigenvalue weighted by Crippen LogP contribution is 2.68. The van der Waals surface area contributed by atoms with E-state index in [2.05, 4.69) is 0 Å². The third kappa shape index (κ3) is 1.08. The highest BCUT2D eigenvalue weighted by Gasteiger charge is 2.71. The van der Waals surface area contributed by atoms with Crippen molar-refractivity contribution in [1.29, 1.82) is 0 Å². The molecule has 4 heteroatoms. The van der Waals surface area contributed by atoms with Crippen molar-refractivity contribution in [2.24, 2.45) is 22.7 Å². The summed E-state index contributed by atoms with van der Waals surface area (Å²) >= 11 is 0. The molecule has 2 aliphatic carbocycles. The van der Waals surface area contributed by atoms with E-state index < -0.39 is 34.6 Å². The number of rotatable bonds is 0. The Labute approximate surface area is 87.0 Å². The molecule has 2 bridgehead atoms. The van der Waals surface area contributed by atoms with Gasteiger partial charge in [-0.1, -0.05) is 20.8 Å². The Kier molecular flexibility index (Phi) is 1.89. The number of carbonyl (C=O) groups excluding carboxylic acids is 1. The van der Waals surface area contributed by atoms with Crippen LogP contribution in [0.25, 0.3) is 0 Å². The van der Waals surface area contributed by atoms with Gasteiger partial charge in [0.2, 0.25) is 0 Å². The van der Waals surface area contributed by atoms with E-state index in [9.17, 15) is 18.0 Å². The Morgan fingerprint density at radius 3 is 2.07 bits per heavy atom. The van der Waals surface area contributed by atoms with E-state index in [4.69, 9.17) is 0 Å². The number of hydrogen-bond acceptors (Lipinski definition) is 1. The summed E-state index contributed by atoms with van der Waals surface area (Å²) in [5.41, 5.74) is -1.28. The van der Waals surface area contributed by atoms with Gasteiger partial charge in [-0.05, 0) is 24.2 Å². The quantitative estimate of drug-likeness (QED) is 0.612. The summed E-state index contributed by atoms with van der Waals surface area (Å²) in [6.07, 6.45) is -3.23. The van der Waals surface area contributed by atoms with Gasteiger partial charge in [0, 0.05) is 5.41 Å². The van der Waals surface area contributed by atoms with Crippen LogP contribution in [0.5, 0.6) is 0 Å². The second-order valence-corrected chi connectivity index (χ2v) is 5.58. The van der Waals surface area contributed by atoms with Gasteiger partial charge in [-0.3, -0.25) is 4.79 Å². The number of ketones is 1. The van der Waals surface area contributed by atoms with E-state index in [0.29, 0.717) is 12.8 Å². The van der Waals surface area contributed by atoms with Crippen LogP contribution in [0.1, 0.15) is 33.6 Å². The Hall–Kier alpha value is -0.540. The van der Waals surface area contributed by atoms with Crippen molar-refractivity contribution in [2.45, 2.75) is 39.8 Å². The van der Waals surface area contributed by atoms with Crippen molar-refractivity contribution < 1.29 is 18.0 Å². The molecule has 0 spiro atoms. The molecule has 0 aromatic rings. The smallest absolute Gasteiger partial charge is 0.298 e. The van der Waals surface area contributed by atoms with E-state index >= 15 is 0 Å². The summed E-state index contributed by atoms with van der Waals surface area (Å²) in [6.45, 7) is 5.30. The normalized spacial score (nSPS) is 43.7. The number of alkyl halides is 3. The summed E-state index contributed by atoms with van der Waals surface area (Å²) in [4.78, 5) is 11.8. The lowest BCUT2D eigenvalue weighted by atomic mass is 9.70. The summed E-state index contributed by atoms with van der Waals surface area (Å²) in [5.74, 6) is -2.82. The molecule has 86 valence electrons. The van der Waals surface area contributed by atoms with Crippen LogP contribution < -0.4 is 0 Å². The first-order valence-electron chi connectivity index (χ1n) is 5.23. The molecule has 15 heavy (non-hydrogen) atoms. The molecular weight excluding hydrogens is 205 g/mol. The van der Waals surface area contributed by atoms with E-state index in [-0.39, 0.29) is 0 Å². The van der Waals surface area contributed by atoms with Gasteiger partial charge in [-0.2, -0.15) is 13.2 Å². The molecule has 1 nitrogen and oxygen atoms in total. The zero-order valence-electron chi connectivity index (χ0n) is 9.11. The lowest BCUT2D eigenvalue weighted by Crippen LogP contribution is -2.38. The Balaban J connectivity index is 2.48. The van der Waals surface area contributed by atoms with E-state index in [1.165, 1.54) is 0 Å². The fourth-order valence-electron chi connectivity index (χ4n) is 3.46. The molecule has 2 rings (SSSR count). The second kappa shape index (κ2) is 2.58. The van der Waals surface area contributed by atoms with Crippen LogP contribution in [0.3, 0.4) is 0 Å². The molecule has 2 aliphatic rings. The minimum atomic E-state index is -4.36. The molecule has 0 radical (unpaired) electrons. The lowest BCUT2D eigenvalue weighted by molar-refractivity contribution is -0.192. The highest BCUT2D eigenvalue weighted by atomic mass is 19.4. The average Bonchev–Trinajstić information content (AvgIpc) is 2.33. The summed E-state index contributed by atoms with van der Waals surface area (Å²) in [7, 11) is 0. The predicted octanol–water partition coefficient (Wildman–Crippen LogP) is 3.19. The van der Waals surface area contributed by atoms with Crippen molar-refractivity contribution in [1.82, 2.24) is 0 Å². The molecule has 2 saturated carbocycles. The number of Topliss-reactive ketones (excluding diaryl/α,β-unsaturated/α-hetero) is 1. The third-order valence-corrected chi connectivity index (χ3v) is 4.89. The van der Waals surface area contributed by atoms with E-state index in [1.807, 2.05) is 0 Å². The largest absolute Gasteiger partial charge is 0.398 e. The molecule has 0 aromatic carbocycles. The van der Waals surface area contributed by atoms with Gasteiger partial charge in [0.25, 0.3) is 0 Å². The standard InChI is InChI=1S/C11H15F3O/c1-9(2)6-4-5-10(9,3)8(15)7(6)11(12,13)14/h6-7H,4-5H2,1-3H3. The second-order valence-electron chi connectivity index (χ2n) is 5.58. The topological polar surface area (TPSA) is 17.1 Å². The predicted molar refractivity (Wildman–Crippen MR) is 49.2 cm³/mol. The lowest BCUT2D eigenvalue weighted by Gasteiger charge is -2.32. The van der Waals surface area contributed by atoms with Crippen molar-refractivity contribution in [3.63, 3.8) is 0 Å². The summed E-state index contributed by atoms with van der Waals surface area (Å²) in [5, 5.41) is 0. The van der Waals surface area contributed by atoms with Crippen molar-refractivity contribution in [3.8, 4) is 0 Å². The average molecular weight is 220 g/mol. The molecule has 0 N–H and O–H groups in total. The van der Waals surface area contributed by atoms with Crippen LogP contribution in [-0.2, 0) is 4.79 Å². The first-order chi connectivity index (χ1) is 6.62. The third-order valence-electron chi connectivity index (χ3n) is 4.89. The molecule has 0 aromatic heterocycles. The minimum absolute atomic E-state index is 0.510. The van der Waals surface area contributed by atoms with Crippen LogP contribution >= 0.6 is 0 Å². The van der Waals surface area contributed by atoms with Gasteiger partial charge in [0.15, 0.2) is 5.78 Å². The molecular formula is C11H15F3O. The fourth-order valence-corrected chi connectivity index (χ4v) is 3.46. The SMILES string of the molecule is CC12CCC(C(C(F)(F)F)C1=O)C2(C)C. The van der Waals surface area contributed by atoms with Crippen molar-refractivity contribution in [3.05, 3.63) is 0 Å². The number of halogens is 3. The van der Waals surface area contributed by atoms with Gasteiger partial charge in [-0.25, -0.2) is 0 Å². The zero-order valence-corrected chi connectivity index (χ0v) is 9.11. The van der Waals surface area contributed by atoms with Gasteiger partial charge in [0.05, 0.1) is 0 Å². The number of carbonyl (C=O) groups is 1. The first-order valence-corrected chi connectivity index (χ1v) is 5.23. The molecule has 3 atom stereocenters. The van der Waals surface area contributed by atoms with Gasteiger partial charge < -0.3 is 0 Å². The molecule has 0 heterocycles. The fraction of sp³-hybridized carbons (Fsp3) is 0.909. The maximum atomic E-state index is 12.8. The van der Waals surface area contributed by atoms with Gasteiger partial charge >= 0.3 is 6.18 Å². The highest BCUT2D eigenvalue weighted by molar-refractivity contribution is 5.92. The minimum Gasteiger partial charge on any atom is -0.298 e. The Bertz CT molecular complexity index is 318. The Morgan fingerprint density at radius 1 is 1.27 bits per heavy atom. The Morgan fingerprint density at radius 2 is 1.80 bits per heavy atom. The molecule has 0 amide bonds. The maximum absolute atomic E-state index is 12.8. The molecule has 0 saturated heterocycles. The number of fused-ring (bicyclic) bond motifs is 2.